The number of aromatic amines is 1. The van der Waals surface area contributed by atoms with E-state index in [0.717, 1.165) is 0 Å². The van der Waals surface area contributed by atoms with E-state index < -0.39 is 16.0 Å². The number of nitrogens with zero attached hydrogens (tertiary/aromatic N) is 1. The molecule has 1 aliphatic heterocycles. The van der Waals surface area contributed by atoms with Gasteiger partial charge in [0, 0.05) is 30.4 Å². The molecule has 2 rings (SSSR count). The van der Waals surface area contributed by atoms with Gasteiger partial charge in [-0.05, 0) is 20.3 Å². The number of carboxylic acids is 1. The first-order valence-electron chi connectivity index (χ1n) is 5.93. The highest BCUT2D eigenvalue weighted by atomic mass is 32.2. The second kappa shape index (κ2) is 4.62. The van der Waals surface area contributed by atoms with Crippen molar-refractivity contribution in [2.45, 2.75) is 31.2 Å². The van der Waals surface area contributed by atoms with Gasteiger partial charge in [-0.25, -0.2) is 13.2 Å². The molecular formula is C11H17N3O4S. The zero-order valence-electron chi connectivity index (χ0n) is 10.8. The maximum Gasteiger partial charge on any atom is 0.352 e. The highest BCUT2D eigenvalue weighted by Crippen LogP contribution is 2.28. The van der Waals surface area contributed by atoms with Gasteiger partial charge < -0.3 is 15.8 Å². The first kappa shape index (κ1) is 14.0. The van der Waals surface area contributed by atoms with E-state index in [4.69, 9.17) is 10.8 Å². The number of aryl methyl sites for hydroxylation is 1. The Hall–Kier alpha value is -1.38. The predicted molar refractivity (Wildman–Crippen MR) is 68.6 cm³/mol. The molecule has 1 unspecified atom stereocenters. The highest BCUT2D eigenvalue weighted by Gasteiger charge is 2.35. The molecule has 1 saturated heterocycles. The summed E-state index contributed by atoms with van der Waals surface area (Å²) in [6, 6.07) is -0.159. The lowest BCUT2D eigenvalue weighted by Crippen LogP contribution is -2.32. The number of hydrogen-bond acceptors (Lipinski definition) is 4. The van der Waals surface area contributed by atoms with Crippen LogP contribution in [-0.2, 0) is 10.0 Å². The van der Waals surface area contributed by atoms with E-state index in [1.54, 1.807) is 6.92 Å². The standard InChI is InChI=1S/C11H17N3O4S/c1-6-9(11(15)16)13-7(2)10(6)19(17,18)14-4-3-8(12)5-14/h8,13H,3-5,12H2,1-2H3,(H,15,16). The molecule has 0 spiro atoms. The second-order valence-electron chi connectivity index (χ2n) is 4.80. The number of aromatic nitrogens is 1. The number of aromatic carboxylic acids is 1. The molecule has 0 aliphatic carbocycles. The Morgan fingerprint density at radius 1 is 1.47 bits per heavy atom. The molecule has 0 radical (unpaired) electrons. The SMILES string of the molecule is Cc1[nH]c(C(=O)O)c(C)c1S(=O)(=O)N1CCC(N)C1. The van der Waals surface area contributed by atoms with Crippen molar-refractivity contribution in [3.8, 4) is 0 Å². The Bertz CT molecular complexity index is 620. The predicted octanol–water partition coefficient (Wildman–Crippen LogP) is 0.0514. The Kier molecular flexibility index (Phi) is 3.41. The number of rotatable bonds is 3. The molecule has 19 heavy (non-hydrogen) atoms. The lowest BCUT2D eigenvalue weighted by molar-refractivity contribution is 0.0690. The van der Waals surface area contributed by atoms with E-state index in [0.29, 0.717) is 18.7 Å². The van der Waals surface area contributed by atoms with Gasteiger partial charge in [-0.2, -0.15) is 4.31 Å². The van der Waals surface area contributed by atoms with Gasteiger partial charge in [0.15, 0.2) is 0 Å². The van der Waals surface area contributed by atoms with E-state index in [1.165, 1.54) is 11.2 Å². The average Bonchev–Trinajstić information content (AvgIpc) is 2.83. The molecule has 1 aromatic heterocycles. The van der Waals surface area contributed by atoms with Gasteiger partial charge in [0.1, 0.15) is 10.6 Å². The van der Waals surface area contributed by atoms with Crippen molar-refractivity contribution < 1.29 is 18.3 Å². The van der Waals surface area contributed by atoms with Crippen LogP contribution in [-0.4, -0.2) is 47.9 Å². The largest absolute Gasteiger partial charge is 0.477 e. The van der Waals surface area contributed by atoms with E-state index in [2.05, 4.69) is 4.98 Å². The number of carboxylic acid groups (broad SMARTS) is 1. The summed E-state index contributed by atoms with van der Waals surface area (Å²) in [5.74, 6) is -1.17. The minimum atomic E-state index is -3.69. The highest BCUT2D eigenvalue weighted by molar-refractivity contribution is 7.89. The minimum absolute atomic E-state index is 0.0546. The van der Waals surface area contributed by atoms with Crippen molar-refractivity contribution >= 4 is 16.0 Å². The van der Waals surface area contributed by atoms with Crippen molar-refractivity contribution in [1.82, 2.24) is 9.29 Å². The maximum atomic E-state index is 12.5. The number of hydrogen-bond donors (Lipinski definition) is 3. The van der Waals surface area contributed by atoms with Gasteiger partial charge in [0.2, 0.25) is 10.0 Å². The Morgan fingerprint density at radius 3 is 2.53 bits per heavy atom. The summed E-state index contributed by atoms with van der Waals surface area (Å²) in [6.07, 6.45) is 0.619. The summed E-state index contributed by atoms with van der Waals surface area (Å²) < 4.78 is 26.3. The van der Waals surface area contributed by atoms with Crippen molar-refractivity contribution in [3.05, 3.63) is 17.0 Å². The van der Waals surface area contributed by atoms with Crippen LogP contribution in [0.3, 0.4) is 0 Å². The fourth-order valence-corrected chi connectivity index (χ4v) is 4.35. The van der Waals surface area contributed by atoms with Crippen LogP contribution in [0.2, 0.25) is 0 Å². The smallest absolute Gasteiger partial charge is 0.352 e. The van der Waals surface area contributed by atoms with Crippen LogP contribution in [0.4, 0.5) is 0 Å². The first-order valence-corrected chi connectivity index (χ1v) is 7.37. The number of carbonyl (C=O) groups is 1. The fourth-order valence-electron chi connectivity index (χ4n) is 2.43. The van der Waals surface area contributed by atoms with Gasteiger partial charge in [0.25, 0.3) is 0 Å². The van der Waals surface area contributed by atoms with Gasteiger partial charge in [-0.1, -0.05) is 0 Å². The monoisotopic (exact) mass is 287 g/mol. The summed E-state index contributed by atoms with van der Waals surface area (Å²) in [5, 5.41) is 9.02. The van der Waals surface area contributed by atoms with E-state index in [1.807, 2.05) is 0 Å². The molecule has 1 atom stereocenters. The topological polar surface area (TPSA) is 116 Å². The van der Waals surface area contributed by atoms with E-state index in [9.17, 15) is 13.2 Å². The number of nitrogens with one attached hydrogen (secondary N) is 1. The van der Waals surface area contributed by atoms with Crippen LogP contribution in [0.1, 0.15) is 28.2 Å². The lowest BCUT2D eigenvalue weighted by atomic mass is 10.2. The molecule has 2 heterocycles. The summed E-state index contributed by atoms with van der Waals surface area (Å²) in [7, 11) is -3.69. The van der Waals surface area contributed by atoms with Gasteiger partial charge in [-0.3, -0.25) is 0 Å². The zero-order valence-corrected chi connectivity index (χ0v) is 11.6. The molecule has 1 fully saturated rings. The van der Waals surface area contributed by atoms with Crippen molar-refractivity contribution in [2.75, 3.05) is 13.1 Å². The normalized spacial score (nSPS) is 20.9. The molecule has 1 aliphatic rings. The second-order valence-corrected chi connectivity index (χ2v) is 6.67. The Labute approximate surface area is 111 Å². The molecule has 0 aromatic carbocycles. The molecule has 4 N–H and O–H groups in total. The van der Waals surface area contributed by atoms with E-state index >= 15 is 0 Å². The minimum Gasteiger partial charge on any atom is -0.477 e. The molecule has 0 saturated carbocycles. The van der Waals surface area contributed by atoms with Crippen LogP contribution in [0.15, 0.2) is 4.90 Å². The fraction of sp³-hybridized carbons (Fsp3) is 0.545. The lowest BCUT2D eigenvalue weighted by Gasteiger charge is -2.16. The summed E-state index contributed by atoms with van der Waals surface area (Å²) >= 11 is 0. The summed E-state index contributed by atoms with van der Waals surface area (Å²) in [5.41, 5.74) is 6.22. The Morgan fingerprint density at radius 2 is 2.11 bits per heavy atom. The third-order valence-electron chi connectivity index (χ3n) is 3.37. The first-order chi connectivity index (χ1) is 8.75. The molecule has 0 amide bonds. The van der Waals surface area contributed by atoms with Crippen LogP contribution in [0, 0.1) is 13.8 Å². The van der Waals surface area contributed by atoms with Gasteiger partial charge in [-0.15, -0.1) is 0 Å². The molecule has 7 nitrogen and oxygen atoms in total. The van der Waals surface area contributed by atoms with Crippen LogP contribution < -0.4 is 5.73 Å². The number of sulfonamides is 1. The summed E-state index contributed by atoms with van der Waals surface area (Å²) in [4.78, 5) is 13.7. The zero-order chi connectivity index (χ0) is 14.4. The Balaban J connectivity index is 2.50. The van der Waals surface area contributed by atoms with Crippen molar-refractivity contribution in [1.29, 1.82) is 0 Å². The number of H-pyrrole nitrogens is 1. The molecule has 0 bridgehead atoms. The van der Waals surface area contributed by atoms with E-state index in [-0.39, 0.29) is 28.7 Å². The molecule has 106 valence electrons. The quantitative estimate of drug-likeness (QED) is 0.726. The average molecular weight is 287 g/mol. The molecule has 8 heteroatoms. The van der Waals surface area contributed by atoms with Crippen LogP contribution >= 0.6 is 0 Å². The van der Waals surface area contributed by atoms with Crippen molar-refractivity contribution in [2.24, 2.45) is 5.73 Å². The molecular weight excluding hydrogens is 270 g/mol. The third-order valence-corrected chi connectivity index (χ3v) is 5.51. The van der Waals surface area contributed by atoms with Crippen LogP contribution in [0.5, 0.6) is 0 Å². The maximum absolute atomic E-state index is 12.5. The van der Waals surface area contributed by atoms with Gasteiger partial charge >= 0.3 is 5.97 Å². The third kappa shape index (κ3) is 2.26. The summed E-state index contributed by atoms with van der Waals surface area (Å²) in [6.45, 7) is 3.70. The van der Waals surface area contributed by atoms with Gasteiger partial charge in [0.05, 0.1) is 0 Å². The van der Waals surface area contributed by atoms with Crippen molar-refractivity contribution in [3.63, 3.8) is 0 Å². The number of nitrogens with two attached hydrogens (primary N) is 1. The van der Waals surface area contributed by atoms with Crippen LogP contribution in [0.25, 0.3) is 0 Å². The molecule has 1 aromatic rings.